The first kappa shape index (κ1) is 14.3. The van der Waals surface area contributed by atoms with Crippen LogP contribution in [0.3, 0.4) is 0 Å². The summed E-state index contributed by atoms with van der Waals surface area (Å²) in [5, 5.41) is 3.11. The molecule has 0 radical (unpaired) electrons. The molecule has 0 unspecified atom stereocenters. The Hall–Kier alpha value is -0.130. The van der Waals surface area contributed by atoms with Crippen LogP contribution in [0.1, 0.15) is 45.4 Å². The Morgan fingerprint density at radius 3 is 2.67 bits per heavy atom. The van der Waals surface area contributed by atoms with Gasteiger partial charge in [0.1, 0.15) is 0 Å². The van der Waals surface area contributed by atoms with E-state index in [4.69, 9.17) is 0 Å². The zero-order valence-electron chi connectivity index (χ0n) is 11.4. The van der Waals surface area contributed by atoms with Gasteiger partial charge in [-0.15, -0.1) is 0 Å². The Labute approximate surface area is 111 Å². The first-order valence-corrected chi connectivity index (χ1v) is 8.96. The molecule has 0 aromatic heterocycles. The molecular formula is C13H26N2O2S. The zero-order chi connectivity index (χ0) is 13.0. The summed E-state index contributed by atoms with van der Waals surface area (Å²) in [6.07, 6.45) is 7.05. The lowest BCUT2D eigenvalue weighted by molar-refractivity contribution is 0.129. The number of nitrogens with zero attached hydrogens (tertiary/aromatic N) is 1. The van der Waals surface area contributed by atoms with Crippen LogP contribution in [0, 0.1) is 5.92 Å². The molecule has 0 amide bonds. The lowest BCUT2D eigenvalue weighted by Gasteiger charge is -2.43. The summed E-state index contributed by atoms with van der Waals surface area (Å²) in [6, 6.07) is 0.305. The number of hydrogen-bond acceptors (Lipinski definition) is 3. The highest BCUT2D eigenvalue weighted by atomic mass is 32.2. The van der Waals surface area contributed by atoms with Crippen LogP contribution >= 0.6 is 0 Å². The Morgan fingerprint density at radius 1 is 1.17 bits per heavy atom. The van der Waals surface area contributed by atoms with Gasteiger partial charge in [-0.1, -0.05) is 19.8 Å². The van der Waals surface area contributed by atoms with E-state index >= 15 is 0 Å². The van der Waals surface area contributed by atoms with E-state index in [0.29, 0.717) is 18.5 Å². The second kappa shape index (κ2) is 6.35. The van der Waals surface area contributed by atoms with Crippen molar-refractivity contribution < 1.29 is 8.42 Å². The molecule has 18 heavy (non-hydrogen) atoms. The second-order valence-corrected chi connectivity index (χ2v) is 7.58. The lowest BCUT2D eigenvalue weighted by Crippen LogP contribution is -2.51. The fourth-order valence-corrected chi connectivity index (χ4v) is 5.15. The molecule has 5 heteroatoms. The number of piperidine rings is 1. The van der Waals surface area contributed by atoms with Gasteiger partial charge in [0.15, 0.2) is 0 Å². The first-order chi connectivity index (χ1) is 8.65. The van der Waals surface area contributed by atoms with Crippen LogP contribution in [0.25, 0.3) is 0 Å². The Morgan fingerprint density at radius 2 is 1.89 bits per heavy atom. The molecule has 2 fully saturated rings. The predicted octanol–water partition coefficient (Wildman–Crippen LogP) is 1.58. The van der Waals surface area contributed by atoms with Crippen LogP contribution in [0.15, 0.2) is 0 Å². The quantitative estimate of drug-likeness (QED) is 0.774. The summed E-state index contributed by atoms with van der Waals surface area (Å²) in [4.78, 5) is 0. The minimum Gasteiger partial charge on any atom is -0.316 e. The van der Waals surface area contributed by atoms with Gasteiger partial charge in [-0.05, 0) is 38.1 Å². The largest absolute Gasteiger partial charge is 0.316 e. The zero-order valence-corrected chi connectivity index (χ0v) is 12.2. The van der Waals surface area contributed by atoms with E-state index in [9.17, 15) is 8.42 Å². The SMILES string of the molecule is CCNCCS(=O)(=O)N1CCC[C@H]2CCCC[C@H]21. The van der Waals surface area contributed by atoms with Crippen molar-refractivity contribution in [3.63, 3.8) is 0 Å². The highest BCUT2D eigenvalue weighted by Gasteiger charge is 2.38. The summed E-state index contributed by atoms with van der Waals surface area (Å²) in [5.41, 5.74) is 0. The molecule has 2 atom stereocenters. The summed E-state index contributed by atoms with van der Waals surface area (Å²) in [5.74, 6) is 0.880. The number of fused-ring (bicyclic) bond motifs is 1. The van der Waals surface area contributed by atoms with E-state index < -0.39 is 10.0 Å². The Balaban J connectivity index is 2.00. The fourth-order valence-electron chi connectivity index (χ4n) is 3.42. The molecule has 1 saturated heterocycles. The molecular weight excluding hydrogens is 248 g/mol. The van der Waals surface area contributed by atoms with Crippen LogP contribution in [0.2, 0.25) is 0 Å². The van der Waals surface area contributed by atoms with E-state index in [0.717, 1.165) is 25.9 Å². The number of sulfonamides is 1. The van der Waals surface area contributed by atoms with Crippen LogP contribution in [-0.2, 0) is 10.0 Å². The van der Waals surface area contributed by atoms with Crippen molar-refractivity contribution in [1.29, 1.82) is 0 Å². The molecule has 1 N–H and O–H groups in total. The maximum absolute atomic E-state index is 12.4. The molecule has 2 aliphatic rings. The molecule has 0 aromatic carbocycles. The van der Waals surface area contributed by atoms with E-state index in [-0.39, 0.29) is 5.75 Å². The van der Waals surface area contributed by atoms with Crippen molar-refractivity contribution in [3.8, 4) is 0 Å². The maximum Gasteiger partial charge on any atom is 0.215 e. The molecule has 1 heterocycles. The minimum atomic E-state index is -3.06. The molecule has 1 aliphatic carbocycles. The van der Waals surface area contributed by atoms with E-state index in [1.54, 1.807) is 0 Å². The molecule has 0 aromatic rings. The van der Waals surface area contributed by atoms with E-state index in [2.05, 4.69) is 5.32 Å². The Kier molecular flexibility index (Phi) is 5.04. The van der Waals surface area contributed by atoms with Gasteiger partial charge < -0.3 is 5.32 Å². The summed E-state index contributed by atoms with van der Waals surface area (Å²) < 4.78 is 26.6. The average Bonchev–Trinajstić information content (AvgIpc) is 2.38. The van der Waals surface area contributed by atoms with Gasteiger partial charge >= 0.3 is 0 Å². The van der Waals surface area contributed by atoms with Crippen molar-refractivity contribution in [2.75, 3.05) is 25.4 Å². The van der Waals surface area contributed by atoms with Gasteiger partial charge in [0.25, 0.3) is 0 Å². The number of nitrogens with one attached hydrogen (secondary N) is 1. The summed E-state index contributed by atoms with van der Waals surface area (Å²) in [6.45, 7) is 4.16. The van der Waals surface area contributed by atoms with Crippen molar-refractivity contribution >= 4 is 10.0 Å². The van der Waals surface area contributed by atoms with Gasteiger partial charge in [0.2, 0.25) is 10.0 Å². The minimum absolute atomic E-state index is 0.254. The van der Waals surface area contributed by atoms with Crippen molar-refractivity contribution in [3.05, 3.63) is 0 Å². The summed E-state index contributed by atoms with van der Waals surface area (Å²) in [7, 11) is -3.06. The predicted molar refractivity (Wildman–Crippen MR) is 74.0 cm³/mol. The normalized spacial score (nSPS) is 30.1. The number of hydrogen-bond donors (Lipinski definition) is 1. The van der Waals surface area contributed by atoms with Crippen molar-refractivity contribution in [2.24, 2.45) is 5.92 Å². The highest BCUT2D eigenvalue weighted by molar-refractivity contribution is 7.89. The molecule has 106 valence electrons. The molecule has 4 nitrogen and oxygen atoms in total. The second-order valence-electron chi connectivity index (χ2n) is 5.53. The third-order valence-corrected chi connectivity index (χ3v) is 6.22. The van der Waals surface area contributed by atoms with Gasteiger partial charge in [0, 0.05) is 19.1 Å². The lowest BCUT2D eigenvalue weighted by atomic mass is 9.79. The number of rotatable bonds is 5. The molecule has 0 spiro atoms. The molecule has 1 aliphatic heterocycles. The average molecular weight is 274 g/mol. The van der Waals surface area contributed by atoms with Crippen molar-refractivity contribution in [2.45, 2.75) is 51.5 Å². The third kappa shape index (κ3) is 3.25. The first-order valence-electron chi connectivity index (χ1n) is 7.35. The third-order valence-electron chi connectivity index (χ3n) is 4.34. The summed E-state index contributed by atoms with van der Waals surface area (Å²) >= 11 is 0. The Bertz CT molecular complexity index is 354. The van der Waals surface area contributed by atoms with Crippen molar-refractivity contribution in [1.82, 2.24) is 9.62 Å². The maximum atomic E-state index is 12.4. The molecule has 2 rings (SSSR count). The van der Waals surface area contributed by atoms with Crippen LogP contribution in [-0.4, -0.2) is 44.2 Å². The molecule has 0 bridgehead atoms. The van der Waals surface area contributed by atoms with Gasteiger partial charge in [0.05, 0.1) is 5.75 Å². The van der Waals surface area contributed by atoms with Crippen LogP contribution < -0.4 is 5.32 Å². The van der Waals surface area contributed by atoms with Gasteiger partial charge in [-0.25, -0.2) is 8.42 Å². The van der Waals surface area contributed by atoms with E-state index in [1.165, 1.54) is 25.7 Å². The van der Waals surface area contributed by atoms with Gasteiger partial charge in [-0.2, -0.15) is 4.31 Å². The van der Waals surface area contributed by atoms with Crippen LogP contribution in [0.4, 0.5) is 0 Å². The topological polar surface area (TPSA) is 49.4 Å². The van der Waals surface area contributed by atoms with Crippen LogP contribution in [0.5, 0.6) is 0 Å². The van der Waals surface area contributed by atoms with E-state index in [1.807, 2.05) is 11.2 Å². The smallest absolute Gasteiger partial charge is 0.215 e. The van der Waals surface area contributed by atoms with Gasteiger partial charge in [-0.3, -0.25) is 0 Å². The highest BCUT2D eigenvalue weighted by Crippen LogP contribution is 2.36. The molecule has 1 saturated carbocycles. The monoisotopic (exact) mass is 274 g/mol. The fraction of sp³-hybridized carbons (Fsp3) is 1.00. The standard InChI is InChI=1S/C13H26N2O2S/c1-2-14-9-11-18(16,17)15-10-5-7-12-6-3-4-8-13(12)15/h12-14H,2-11H2,1H3/t12-,13-/m1/s1.